The van der Waals surface area contributed by atoms with E-state index in [0.29, 0.717) is 28.6 Å². The maximum Gasteiger partial charge on any atom is 0.277 e. The molecule has 0 radical (unpaired) electrons. The van der Waals surface area contributed by atoms with Gasteiger partial charge in [0.1, 0.15) is 0 Å². The van der Waals surface area contributed by atoms with E-state index in [9.17, 15) is 0 Å². The Balaban J connectivity index is 1.45. The molecule has 0 saturated heterocycles. The van der Waals surface area contributed by atoms with Crippen LogP contribution in [0, 0.1) is 6.92 Å². The van der Waals surface area contributed by atoms with Gasteiger partial charge in [-0.2, -0.15) is 16.3 Å². The Bertz CT molecular complexity index is 947. The molecule has 6 nitrogen and oxygen atoms in total. The third-order valence-corrected chi connectivity index (χ3v) is 4.83. The van der Waals surface area contributed by atoms with Crippen LogP contribution in [0.4, 0.5) is 0 Å². The fourth-order valence-corrected chi connectivity index (χ4v) is 3.37. The van der Waals surface area contributed by atoms with Gasteiger partial charge in [-0.05, 0) is 30.0 Å². The number of hydrogen-bond acceptors (Lipinski definition) is 8. The van der Waals surface area contributed by atoms with Crippen molar-refractivity contribution >= 4 is 23.1 Å². The molecule has 3 aromatic heterocycles. The highest BCUT2D eigenvalue weighted by Crippen LogP contribution is 2.27. The van der Waals surface area contributed by atoms with Gasteiger partial charge < -0.3 is 8.94 Å². The van der Waals surface area contributed by atoms with Gasteiger partial charge in [-0.1, -0.05) is 35.1 Å². The second kappa shape index (κ2) is 6.58. The lowest BCUT2D eigenvalue weighted by Crippen LogP contribution is -1.81. The van der Waals surface area contributed by atoms with E-state index in [1.165, 1.54) is 11.8 Å². The number of aryl methyl sites for hydroxylation is 1. The summed E-state index contributed by atoms with van der Waals surface area (Å²) in [5, 5.41) is 16.6. The smallest absolute Gasteiger partial charge is 0.277 e. The summed E-state index contributed by atoms with van der Waals surface area (Å²) in [5.41, 5.74) is 2.99. The van der Waals surface area contributed by atoms with E-state index in [2.05, 4.69) is 20.3 Å². The number of hydrogen-bond donors (Lipinski definition) is 0. The van der Waals surface area contributed by atoms with Gasteiger partial charge >= 0.3 is 0 Å². The van der Waals surface area contributed by atoms with Crippen LogP contribution in [0.5, 0.6) is 0 Å². The molecule has 3 heterocycles. The van der Waals surface area contributed by atoms with Gasteiger partial charge in [0.05, 0.1) is 5.75 Å². The summed E-state index contributed by atoms with van der Waals surface area (Å²) in [5.74, 6) is 2.11. The predicted molar refractivity (Wildman–Crippen MR) is 91.6 cm³/mol. The Morgan fingerprint density at radius 3 is 2.92 bits per heavy atom. The van der Waals surface area contributed by atoms with Gasteiger partial charge in [0, 0.05) is 16.5 Å². The molecule has 0 atom stereocenters. The van der Waals surface area contributed by atoms with Gasteiger partial charge in [-0.15, -0.1) is 10.2 Å². The topological polar surface area (TPSA) is 77.8 Å². The van der Waals surface area contributed by atoms with Gasteiger partial charge in [-0.25, -0.2) is 0 Å². The Kier molecular flexibility index (Phi) is 4.14. The Morgan fingerprint density at radius 1 is 1.17 bits per heavy atom. The molecular formula is C16H12N4O2S2. The van der Waals surface area contributed by atoms with Crippen molar-refractivity contribution in [3.63, 3.8) is 0 Å². The third-order valence-electron chi connectivity index (χ3n) is 3.35. The minimum absolute atomic E-state index is 0.475. The molecule has 1 aromatic carbocycles. The molecule has 0 amide bonds. The molecule has 0 saturated carbocycles. The summed E-state index contributed by atoms with van der Waals surface area (Å²) in [6.07, 6.45) is 0. The quantitative estimate of drug-likeness (QED) is 0.489. The molecule has 24 heavy (non-hydrogen) atoms. The lowest BCUT2D eigenvalue weighted by Gasteiger charge is -1.98. The van der Waals surface area contributed by atoms with Crippen LogP contribution in [0.15, 0.2) is 55.3 Å². The summed E-state index contributed by atoms with van der Waals surface area (Å²) >= 11 is 2.97. The van der Waals surface area contributed by atoms with Crippen molar-refractivity contribution in [2.45, 2.75) is 17.9 Å². The maximum absolute atomic E-state index is 5.70. The first-order valence-corrected chi connectivity index (χ1v) is 9.10. The zero-order chi connectivity index (χ0) is 16.4. The first-order chi connectivity index (χ1) is 11.8. The highest BCUT2D eigenvalue weighted by molar-refractivity contribution is 7.98. The maximum atomic E-state index is 5.70. The molecule has 0 fully saturated rings. The second-order valence-corrected chi connectivity index (χ2v) is 6.71. The van der Waals surface area contributed by atoms with Crippen LogP contribution in [0.3, 0.4) is 0 Å². The van der Waals surface area contributed by atoms with Crippen molar-refractivity contribution in [2.75, 3.05) is 0 Å². The minimum atomic E-state index is 0.475. The fraction of sp³-hybridized carbons (Fsp3) is 0.125. The fourth-order valence-electron chi connectivity index (χ4n) is 2.14. The van der Waals surface area contributed by atoms with Crippen LogP contribution < -0.4 is 0 Å². The normalized spacial score (nSPS) is 11.0. The van der Waals surface area contributed by atoms with Crippen molar-refractivity contribution in [3.05, 3.63) is 52.5 Å². The highest BCUT2D eigenvalue weighted by Gasteiger charge is 2.14. The van der Waals surface area contributed by atoms with E-state index in [1.807, 2.05) is 48.0 Å². The first-order valence-electron chi connectivity index (χ1n) is 7.17. The van der Waals surface area contributed by atoms with Crippen LogP contribution in [-0.4, -0.2) is 20.3 Å². The standard InChI is InChI=1S/C16H12N4O2S2/c1-10-4-2-3-5-12(10)15-18-19-16(21-15)24-9-13-17-14(20-22-13)11-6-7-23-8-11/h2-8H,9H2,1H3. The summed E-state index contributed by atoms with van der Waals surface area (Å²) in [6, 6.07) is 9.85. The van der Waals surface area contributed by atoms with Crippen molar-refractivity contribution in [3.8, 4) is 22.8 Å². The largest absolute Gasteiger partial charge is 0.411 e. The number of nitrogens with zero attached hydrogens (tertiary/aromatic N) is 4. The van der Waals surface area contributed by atoms with E-state index < -0.39 is 0 Å². The molecule has 4 aromatic rings. The summed E-state index contributed by atoms with van der Waals surface area (Å²) in [6.45, 7) is 2.01. The van der Waals surface area contributed by atoms with Gasteiger partial charge in [0.25, 0.3) is 5.22 Å². The van der Waals surface area contributed by atoms with Crippen LogP contribution in [0.1, 0.15) is 11.5 Å². The summed E-state index contributed by atoms with van der Waals surface area (Å²) < 4.78 is 11.0. The van der Waals surface area contributed by atoms with Gasteiger partial charge in [-0.3, -0.25) is 0 Å². The Morgan fingerprint density at radius 2 is 2.08 bits per heavy atom. The zero-order valence-corrected chi connectivity index (χ0v) is 14.3. The molecule has 0 aliphatic carbocycles. The van der Waals surface area contributed by atoms with Gasteiger partial charge in [0.15, 0.2) is 0 Å². The molecular weight excluding hydrogens is 344 g/mol. The van der Waals surface area contributed by atoms with Crippen LogP contribution >= 0.6 is 23.1 Å². The molecule has 8 heteroatoms. The molecule has 0 bridgehead atoms. The van der Waals surface area contributed by atoms with E-state index in [4.69, 9.17) is 8.94 Å². The lowest BCUT2D eigenvalue weighted by atomic mass is 10.1. The van der Waals surface area contributed by atoms with Crippen molar-refractivity contribution < 1.29 is 8.94 Å². The van der Waals surface area contributed by atoms with E-state index in [0.717, 1.165) is 16.7 Å². The monoisotopic (exact) mass is 356 g/mol. The predicted octanol–water partition coefficient (Wildman–Crippen LogP) is 4.45. The second-order valence-electron chi connectivity index (χ2n) is 5.00. The highest BCUT2D eigenvalue weighted by atomic mass is 32.2. The number of rotatable bonds is 5. The van der Waals surface area contributed by atoms with Gasteiger partial charge in [0.2, 0.25) is 17.6 Å². The van der Waals surface area contributed by atoms with Crippen molar-refractivity contribution in [1.82, 2.24) is 20.3 Å². The number of thioether (sulfide) groups is 1. The third kappa shape index (κ3) is 3.10. The number of thiophene rings is 1. The average molecular weight is 356 g/mol. The molecule has 0 N–H and O–H groups in total. The summed E-state index contributed by atoms with van der Waals surface area (Å²) in [4.78, 5) is 4.37. The molecule has 120 valence electrons. The zero-order valence-electron chi connectivity index (χ0n) is 12.7. The van der Waals surface area contributed by atoms with Crippen molar-refractivity contribution in [1.29, 1.82) is 0 Å². The molecule has 0 spiro atoms. The van der Waals surface area contributed by atoms with Crippen LogP contribution in [0.25, 0.3) is 22.8 Å². The minimum Gasteiger partial charge on any atom is -0.411 e. The molecule has 4 rings (SSSR count). The van der Waals surface area contributed by atoms with Crippen molar-refractivity contribution in [2.24, 2.45) is 0 Å². The van der Waals surface area contributed by atoms with E-state index in [1.54, 1.807) is 11.3 Å². The van der Waals surface area contributed by atoms with E-state index in [-0.39, 0.29) is 0 Å². The first kappa shape index (κ1) is 15.1. The van der Waals surface area contributed by atoms with Crippen LogP contribution in [-0.2, 0) is 5.75 Å². The number of aromatic nitrogens is 4. The average Bonchev–Trinajstić information content (AvgIpc) is 3.34. The molecule has 0 unspecified atom stereocenters. The Labute approximate surface area is 145 Å². The lowest BCUT2D eigenvalue weighted by molar-refractivity contribution is 0.391. The molecule has 0 aliphatic rings. The van der Waals surface area contributed by atoms with Crippen LogP contribution in [0.2, 0.25) is 0 Å². The SMILES string of the molecule is Cc1ccccc1-c1nnc(SCc2nc(-c3ccsc3)no2)o1. The summed E-state index contributed by atoms with van der Waals surface area (Å²) in [7, 11) is 0. The Hall–Kier alpha value is -2.45. The van der Waals surface area contributed by atoms with E-state index >= 15 is 0 Å². The molecule has 0 aliphatic heterocycles. The number of benzene rings is 1.